The van der Waals surface area contributed by atoms with Crippen molar-refractivity contribution in [2.24, 2.45) is 0 Å². The summed E-state index contributed by atoms with van der Waals surface area (Å²) in [7, 11) is 0. The highest BCUT2D eigenvalue weighted by atomic mass is 35.5. The van der Waals surface area contributed by atoms with Crippen molar-refractivity contribution < 1.29 is 4.79 Å². The van der Waals surface area contributed by atoms with Crippen molar-refractivity contribution in [3.8, 4) is 0 Å². The molecule has 0 heterocycles. The smallest absolute Gasteiger partial charge is 0.217 e. The molecule has 2 nitrogen and oxygen atoms in total. The molecule has 1 N–H and O–H groups in total. The largest absolute Gasteiger partial charge is 0.354 e. The topological polar surface area (TPSA) is 29.1 Å². The molecule has 0 spiro atoms. The molecule has 0 saturated heterocycles. The Labute approximate surface area is 86.3 Å². The standard InChI is InChI=1S/C8H15NO.2ClH/c1-7(10)9-8-5-3-2-4-6-8;;/h8H,2-6H2,1H3,(H,9,10);2*1H. The van der Waals surface area contributed by atoms with Crippen LogP contribution in [0.4, 0.5) is 0 Å². The molecule has 1 aliphatic rings. The van der Waals surface area contributed by atoms with E-state index in [4.69, 9.17) is 0 Å². The van der Waals surface area contributed by atoms with E-state index in [1.54, 1.807) is 6.92 Å². The van der Waals surface area contributed by atoms with Crippen LogP contribution in [0.3, 0.4) is 0 Å². The highest BCUT2D eigenvalue weighted by molar-refractivity contribution is 5.85. The molecule has 1 amide bonds. The number of halogens is 2. The zero-order chi connectivity index (χ0) is 7.40. The predicted molar refractivity (Wildman–Crippen MR) is 55.2 cm³/mol. The van der Waals surface area contributed by atoms with Gasteiger partial charge in [0.05, 0.1) is 0 Å². The first-order valence-corrected chi connectivity index (χ1v) is 4.06. The number of carbonyl (C=O) groups is 1. The lowest BCUT2D eigenvalue weighted by Crippen LogP contribution is -2.34. The summed E-state index contributed by atoms with van der Waals surface area (Å²) in [5, 5.41) is 2.94. The average Bonchev–Trinajstić information content (AvgIpc) is 1.88. The van der Waals surface area contributed by atoms with E-state index >= 15 is 0 Å². The Morgan fingerprint density at radius 2 is 1.67 bits per heavy atom. The second-order valence-corrected chi connectivity index (χ2v) is 3.04. The highest BCUT2D eigenvalue weighted by Gasteiger charge is 2.12. The minimum atomic E-state index is 0. The van der Waals surface area contributed by atoms with Crippen LogP contribution >= 0.6 is 24.8 Å². The van der Waals surface area contributed by atoms with Crippen molar-refractivity contribution in [2.75, 3.05) is 0 Å². The SMILES string of the molecule is CC(=O)NC1CCCCC1.Cl.Cl. The van der Waals surface area contributed by atoms with Crippen LogP contribution in [0.15, 0.2) is 0 Å². The molecule has 1 saturated carbocycles. The lowest BCUT2D eigenvalue weighted by Gasteiger charge is -2.21. The first-order valence-electron chi connectivity index (χ1n) is 4.06. The quantitative estimate of drug-likeness (QED) is 0.712. The third-order valence-corrected chi connectivity index (χ3v) is 2.01. The molecular weight excluding hydrogens is 197 g/mol. The van der Waals surface area contributed by atoms with Gasteiger partial charge in [-0.3, -0.25) is 4.79 Å². The van der Waals surface area contributed by atoms with Gasteiger partial charge in [0, 0.05) is 13.0 Å². The summed E-state index contributed by atoms with van der Waals surface area (Å²) in [6.45, 7) is 1.59. The first-order chi connectivity index (χ1) is 4.79. The molecule has 0 unspecified atom stereocenters. The second-order valence-electron chi connectivity index (χ2n) is 3.04. The van der Waals surface area contributed by atoms with Crippen molar-refractivity contribution in [2.45, 2.75) is 45.1 Å². The first kappa shape index (κ1) is 14.6. The molecule has 1 fully saturated rings. The summed E-state index contributed by atoms with van der Waals surface area (Å²) in [6, 6.07) is 0.478. The van der Waals surface area contributed by atoms with E-state index < -0.39 is 0 Å². The van der Waals surface area contributed by atoms with E-state index in [1.807, 2.05) is 0 Å². The van der Waals surface area contributed by atoms with E-state index in [-0.39, 0.29) is 30.7 Å². The number of hydrogen-bond donors (Lipinski definition) is 1. The van der Waals surface area contributed by atoms with E-state index in [1.165, 1.54) is 32.1 Å². The molecule has 74 valence electrons. The summed E-state index contributed by atoms with van der Waals surface area (Å²) >= 11 is 0. The van der Waals surface area contributed by atoms with E-state index in [0.29, 0.717) is 6.04 Å². The molecule has 4 heteroatoms. The van der Waals surface area contributed by atoms with Gasteiger partial charge in [0.2, 0.25) is 5.91 Å². The van der Waals surface area contributed by atoms with E-state index in [0.717, 1.165) is 0 Å². The lowest BCUT2D eigenvalue weighted by atomic mass is 9.95. The Hall–Kier alpha value is 0.0500. The zero-order valence-corrected chi connectivity index (χ0v) is 8.97. The maximum absolute atomic E-state index is 10.6. The fraction of sp³-hybridized carbons (Fsp3) is 0.875. The number of nitrogens with one attached hydrogen (secondary N) is 1. The number of amides is 1. The number of hydrogen-bond acceptors (Lipinski definition) is 1. The summed E-state index contributed by atoms with van der Waals surface area (Å²) in [5.74, 6) is 0.118. The van der Waals surface area contributed by atoms with Crippen molar-refractivity contribution in [3.05, 3.63) is 0 Å². The maximum atomic E-state index is 10.6. The molecule has 12 heavy (non-hydrogen) atoms. The zero-order valence-electron chi connectivity index (χ0n) is 7.34. The van der Waals surface area contributed by atoms with Crippen LogP contribution in [-0.4, -0.2) is 11.9 Å². The van der Waals surface area contributed by atoms with Crippen LogP contribution in [0.2, 0.25) is 0 Å². The molecule has 0 aromatic rings. The molecular formula is C8H17Cl2NO. The lowest BCUT2D eigenvalue weighted by molar-refractivity contribution is -0.119. The van der Waals surface area contributed by atoms with E-state index in [2.05, 4.69) is 5.32 Å². The van der Waals surface area contributed by atoms with Crippen molar-refractivity contribution in [1.82, 2.24) is 5.32 Å². The molecule has 1 rings (SSSR count). The Balaban J connectivity index is 0. The van der Waals surface area contributed by atoms with Crippen LogP contribution in [0.25, 0.3) is 0 Å². The van der Waals surface area contributed by atoms with Crippen molar-refractivity contribution in [1.29, 1.82) is 0 Å². The number of rotatable bonds is 1. The van der Waals surface area contributed by atoms with Gasteiger partial charge in [-0.15, -0.1) is 24.8 Å². The van der Waals surface area contributed by atoms with Gasteiger partial charge in [0.15, 0.2) is 0 Å². The van der Waals surface area contributed by atoms with Crippen molar-refractivity contribution in [3.63, 3.8) is 0 Å². The van der Waals surface area contributed by atoms with Gasteiger partial charge in [0.1, 0.15) is 0 Å². The van der Waals surface area contributed by atoms with Gasteiger partial charge in [-0.05, 0) is 12.8 Å². The Kier molecular flexibility index (Phi) is 9.33. The molecule has 0 aromatic carbocycles. The summed E-state index contributed by atoms with van der Waals surface area (Å²) in [4.78, 5) is 10.6. The Bertz CT molecular complexity index is 124. The van der Waals surface area contributed by atoms with Crippen LogP contribution in [0, 0.1) is 0 Å². The third-order valence-electron chi connectivity index (χ3n) is 2.01. The molecule has 0 aromatic heterocycles. The minimum Gasteiger partial charge on any atom is -0.354 e. The highest BCUT2D eigenvalue weighted by Crippen LogP contribution is 2.16. The van der Waals surface area contributed by atoms with Gasteiger partial charge >= 0.3 is 0 Å². The summed E-state index contributed by atoms with van der Waals surface area (Å²) in [5.41, 5.74) is 0. The maximum Gasteiger partial charge on any atom is 0.217 e. The molecule has 0 bridgehead atoms. The summed E-state index contributed by atoms with van der Waals surface area (Å²) < 4.78 is 0. The monoisotopic (exact) mass is 213 g/mol. The van der Waals surface area contributed by atoms with Crippen LogP contribution in [0.1, 0.15) is 39.0 Å². The predicted octanol–water partition coefficient (Wildman–Crippen LogP) is 2.30. The minimum absolute atomic E-state index is 0. The van der Waals surface area contributed by atoms with Gasteiger partial charge in [-0.25, -0.2) is 0 Å². The second kappa shape index (κ2) is 7.69. The van der Waals surface area contributed by atoms with Crippen LogP contribution in [0.5, 0.6) is 0 Å². The van der Waals surface area contributed by atoms with E-state index in [9.17, 15) is 4.79 Å². The van der Waals surface area contributed by atoms with Gasteiger partial charge in [-0.1, -0.05) is 19.3 Å². The van der Waals surface area contributed by atoms with Gasteiger partial charge in [-0.2, -0.15) is 0 Å². The Morgan fingerprint density at radius 1 is 1.17 bits per heavy atom. The fourth-order valence-electron chi connectivity index (χ4n) is 1.53. The fourth-order valence-corrected chi connectivity index (χ4v) is 1.53. The Morgan fingerprint density at radius 3 is 2.08 bits per heavy atom. The average molecular weight is 214 g/mol. The number of carbonyl (C=O) groups excluding carboxylic acids is 1. The molecule has 1 aliphatic carbocycles. The van der Waals surface area contributed by atoms with Crippen LogP contribution < -0.4 is 5.32 Å². The van der Waals surface area contributed by atoms with Crippen LogP contribution in [-0.2, 0) is 4.79 Å². The van der Waals surface area contributed by atoms with Gasteiger partial charge < -0.3 is 5.32 Å². The molecule has 0 radical (unpaired) electrons. The van der Waals surface area contributed by atoms with Gasteiger partial charge in [0.25, 0.3) is 0 Å². The normalized spacial score (nSPS) is 17.1. The third kappa shape index (κ3) is 5.67. The molecule has 0 aliphatic heterocycles. The van der Waals surface area contributed by atoms with Crippen molar-refractivity contribution >= 4 is 30.7 Å². The summed E-state index contributed by atoms with van der Waals surface area (Å²) in [6.07, 6.45) is 6.27. The molecule has 0 atom stereocenters.